The zero-order valence-electron chi connectivity index (χ0n) is 14.9. The van der Waals surface area contributed by atoms with Crippen molar-refractivity contribution in [2.45, 2.75) is 62.8 Å². The molecule has 3 rings (SSSR count). The van der Waals surface area contributed by atoms with E-state index in [4.69, 9.17) is 0 Å². The van der Waals surface area contributed by atoms with Gasteiger partial charge in [0.2, 0.25) is 0 Å². The van der Waals surface area contributed by atoms with E-state index in [1.165, 1.54) is 12.1 Å². The van der Waals surface area contributed by atoms with E-state index in [1.807, 2.05) is 0 Å². The normalized spacial score (nSPS) is 21.7. The fourth-order valence-electron chi connectivity index (χ4n) is 4.01. The van der Waals surface area contributed by atoms with Gasteiger partial charge in [-0.15, -0.1) is 0 Å². The predicted octanol–water partition coefficient (Wildman–Crippen LogP) is 3.77. The van der Waals surface area contributed by atoms with Crippen LogP contribution < -0.4 is 5.32 Å². The Morgan fingerprint density at radius 1 is 1.07 bits per heavy atom. The molecule has 1 aliphatic carbocycles. The molecule has 8 heteroatoms. The summed E-state index contributed by atoms with van der Waals surface area (Å²) < 4.78 is 39.5. The Morgan fingerprint density at radius 3 is 2.30 bits per heavy atom. The molecule has 0 radical (unpaired) electrons. The molecule has 0 unspecified atom stereocenters. The zero-order valence-corrected chi connectivity index (χ0v) is 14.9. The Hall–Kier alpha value is -2.09. The van der Waals surface area contributed by atoms with E-state index in [1.54, 1.807) is 0 Å². The minimum absolute atomic E-state index is 0.343. The first-order chi connectivity index (χ1) is 12.7. The predicted molar refractivity (Wildman–Crippen MR) is 91.7 cm³/mol. The molecule has 2 N–H and O–H groups in total. The van der Waals surface area contributed by atoms with Gasteiger partial charge in [0.05, 0.1) is 18.2 Å². The third-order valence-corrected chi connectivity index (χ3v) is 5.43. The van der Waals surface area contributed by atoms with Gasteiger partial charge >= 0.3 is 12.2 Å². The molecule has 5 nitrogen and oxygen atoms in total. The van der Waals surface area contributed by atoms with Crippen molar-refractivity contribution in [3.05, 3.63) is 35.4 Å². The number of aliphatic hydroxyl groups excluding tert-OH is 1. The zero-order chi connectivity index (χ0) is 19.7. The average molecular weight is 384 g/mol. The molecule has 0 bridgehead atoms. The van der Waals surface area contributed by atoms with Crippen LogP contribution in [0.3, 0.4) is 0 Å². The number of hydrogen-bond donors (Lipinski definition) is 2. The molecule has 1 atom stereocenters. The van der Waals surface area contributed by atoms with Crippen molar-refractivity contribution >= 4 is 11.9 Å². The second-order valence-electron chi connectivity index (χ2n) is 7.30. The number of hydrogen-bond acceptors (Lipinski definition) is 3. The van der Waals surface area contributed by atoms with Crippen LogP contribution in [0.25, 0.3) is 0 Å². The van der Waals surface area contributed by atoms with Crippen molar-refractivity contribution in [2.75, 3.05) is 6.54 Å². The van der Waals surface area contributed by atoms with Crippen molar-refractivity contribution in [1.29, 1.82) is 0 Å². The Bertz CT molecular complexity index is 712. The van der Waals surface area contributed by atoms with Gasteiger partial charge in [0.1, 0.15) is 5.54 Å². The number of carbonyl (C=O) groups is 2. The number of imide groups is 1. The fourth-order valence-corrected chi connectivity index (χ4v) is 4.01. The number of rotatable bonds is 3. The minimum atomic E-state index is -4.63. The molecule has 148 valence electrons. The molecule has 1 aliphatic heterocycles. The largest absolute Gasteiger partial charge is 0.416 e. The number of nitrogens with one attached hydrogen (secondary N) is 1. The number of nitrogens with zero attached hydrogens (tertiary/aromatic N) is 1. The maximum Gasteiger partial charge on any atom is 0.416 e. The van der Waals surface area contributed by atoms with Crippen molar-refractivity contribution in [3.63, 3.8) is 0 Å². The van der Waals surface area contributed by atoms with Crippen LogP contribution in [0.2, 0.25) is 0 Å². The molecule has 1 saturated carbocycles. The summed E-state index contributed by atoms with van der Waals surface area (Å²) in [5, 5.41) is 13.1. The summed E-state index contributed by atoms with van der Waals surface area (Å²) >= 11 is 0. The van der Waals surface area contributed by atoms with Gasteiger partial charge < -0.3 is 10.4 Å². The summed E-state index contributed by atoms with van der Waals surface area (Å²) in [4.78, 5) is 26.1. The second kappa shape index (κ2) is 7.50. The lowest BCUT2D eigenvalue weighted by Gasteiger charge is -2.29. The third kappa shape index (κ3) is 3.95. The van der Waals surface area contributed by atoms with E-state index in [0.717, 1.165) is 49.1 Å². The van der Waals surface area contributed by atoms with E-state index in [-0.39, 0.29) is 5.56 Å². The maximum absolute atomic E-state index is 13.2. The molecule has 27 heavy (non-hydrogen) atoms. The van der Waals surface area contributed by atoms with E-state index in [0.29, 0.717) is 12.8 Å². The first kappa shape index (κ1) is 19.7. The second-order valence-corrected chi connectivity index (χ2v) is 7.30. The molecule has 1 saturated heterocycles. The van der Waals surface area contributed by atoms with Crippen LogP contribution >= 0.6 is 0 Å². The van der Waals surface area contributed by atoms with Crippen LogP contribution in [0.5, 0.6) is 0 Å². The number of aliphatic hydroxyl groups is 1. The third-order valence-electron chi connectivity index (χ3n) is 5.43. The highest BCUT2D eigenvalue weighted by atomic mass is 19.4. The Labute approximate surface area is 155 Å². The lowest BCUT2D eigenvalue weighted by atomic mass is 9.84. The number of β-amino-alcohol motifs (C(OH)–C–C–N with tert-alkyl or cyclic N) is 1. The Kier molecular flexibility index (Phi) is 5.46. The molecule has 2 fully saturated rings. The lowest BCUT2D eigenvalue weighted by molar-refractivity contribution is -0.139. The van der Waals surface area contributed by atoms with Gasteiger partial charge in [-0.3, -0.25) is 9.69 Å². The van der Waals surface area contributed by atoms with Crippen LogP contribution in [0.15, 0.2) is 24.3 Å². The van der Waals surface area contributed by atoms with Gasteiger partial charge in [0.25, 0.3) is 5.91 Å². The van der Waals surface area contributed by atoms with Crippen molar-refractivity contribution < 1.29 is 27.9 Å². The maximum atomic E-state index is 13.2. The van der Waals surface area contributed by atoms with Crippen molar-refractivity contribution in [3.8, 4) is 0 Å². The number of carbonyl (C=O) groups excluding carboxylic acids is 2. The number of alkyl halides is 3. The summed E-state index contributed by atoms with van der Waals surface area (Å²) in [5.74, 6) is -0.446. The van der Waals surface area contributed by atoms with Crippen LogP contribution in [0.4, 0.5) is 18.0 Å². The minimum Gasteiger partial charge on any atom is -0.387 e. The van der Waals surface area contributed by atoms with Crippen LogP contribution in [0, 0.1) is 0 Å². The van der Waals surface area contributed by atoms with E-state index in [2.05, 4.69) is 5.32 Å². The molecule has 0 aromatic heterocycles. The number of benzene rings is 1. The molecule has 1 heterocycles. The first-order valence-corrected chi connectivity index (χ1v) is 9.23. The van der Waals surface area contributed by atoms with Gasteiger partial charge in [-0.05, 0) is 24.5 Å². The van der Waals surface area contributed by atoms with E-state index < -0.39 is 41.9 Å². The Balaban J connectivity index is 1.80. The Morgan fingerprint density at radius 2 is 1.67 bits per heavy atom. The lowest BCUT2D eigenvalue weighted by Crippen LogP contribution is -2.47. The van der Waals surface area contributed by atoms with Gasteiger partial charge in [-0.2, -0.15) is 13.2 Å². The summed E-state index contributed by atoms with van der Waals surface area (Å²) in [6.45, 7) is -0.500. The van der Waals surface area contributed by atoms with Gasteiger partial charge in [0.15, 0.2) is 0 Å². The van der Waals surface area contributed by atoms with Crippen molar-refractivity contribution in [1.82, 2.24) is 10.2 Å². The monoisotopic (exact) mass is 384 g/mol. The number of urea groups is 1. The molecule has 2 aliphatic rings. The molecular formula is C19H23F3N2O3. The molecule has 1 aromatic carbocycles. The molecule has 1 spiro atoms. The van der Waals surface area contributed by atoms with Gasteiger partial charge in [-0.1, -0.05) is 50.3 Å². The molecule has 3 amide bonds. The number of amides is 3. The quantitative estimate of drug-likeness (QED) is 0.780. The average Bonchev–Trinajstić information content (AvgIpc) is 2.82. The molecular weight excluding hydrogens is 361 g/mol. The first-order valence-electron chi connectivity index (χ1n) is 9.23. The number of halogens is 3. The van der Waals surface area contributed by atoms with Crippen molar-refractivity contribution in [2.24, 2.45) is 0 Å². The van der Waals surface area contributed by atoms with E-state index >= 15 is 0 Å². The summed E-state index contributed by atoms with van der Waals surface area (Å²) in [6.07, 6.45) is -0.546. The topological polar surface area (TPSA) is 69.6 Å². The highest BCUT2D eigenvalue weighted by Crippen LogP contribution is 2.36. The highest BCUT2D eigenvalue weighted by Gasteiger charge is 2.51. The standard InChI is InChI=1S/C19H23F3N2O3/c20-19(21,22)14-9-5-4-8-13(14)15(25)12-24-16(26)18(23-17(24)27)10-6-2-1-3-7-11-18/h4-5,8-9,15,25H,1-3,6-7,10-12H2,(H,23,27)/t15-/m1/s1. The SMILES string of the molecule is O=C1NC2(CCCCCCC2)C(=O)N1C[C@@H](O)c1ccccc1C(F)(F)F. The summed E-state index contributed by atoms with van der Waals surface area (Å²) in [6, 6.07) is 4.01. The fraction of sp³-hybridized carbons (Fsp3) is 0.579. The van der Waals surface area contributed by atoms with Gasteiger partial charge in [0, 0.05) is 0 Å². The highest BCUT2D eigenvalue weighted by molar-refractivity contribution is 6.07. The van der Waals surface area contributed by atoms with Crippen LogP contribution in [-0.2, 0) is 11.0 Å². The van der Waals surface area contributed by atoms with E-state index in [9.17, 15) is 27.9 Å². The summed E-state index contributed by atoms with van der Waals surface area (Å²) in [5.41, 5.74) is -2.30. The van der Waals surface area contributed by atoms with Crippen LogP contribution in [-0.4, -0.2) is 34.0 Å². The summed E-state index contributed by atoms with van der Waals surface area (Å²) in [7, 11) is 0. The molecule has 1 aromatic rings. The van der Waals surface area contributed by atoms with Gasteiger partial charge in [-0.25, -0.2) is 4.79 Å². The smallest absolute Gasteiger partial charge is 0.387 e. The van der Waals surface area contributed by atoms with Crippen LogP contribution in [0.1, 0.15) is 62.2 Å².